The second-order valence-corrected chi connectivity index (χ2v) is 3.66. The Morgan fingerprint density at radius 2 is 1.94 bits per heavy atom. The minimum absolute atomic E-state index is 0.211. The first-order valence-electron chi connectivity index (χ1n) is 4.84. The van der Waals surface area contributed by atoms with Crippen LogP contribution in [0.15, 0.2) is 42.6 Å². The van der Waals surface area contributed by atoms with Gasteiger partial charge in [-0.15, -0.1) is 0 Å². The van der Waals surface area contributed by atoms with Crippen molar-refractivity contribution in [1.29, 1.82) is 0 Å². The van der Waals surface area contributed by atoms with Gasteiger partial charge in [0.05, 0.1) is 5.69 Å². The van der Waals surface area contributed by atoms with Crippen molar-refractivity contribution in [3.05, 3.63) is 59.1 Å². The first-order valence-corrected chi connectivity index (χ1v) is 5.22. The highest BCUT2D eigenvalue weighted by Crippen LogP contribution is 2.18. The third kappa shape index (κ3) is 2.79. The van der Waals surface area contributed by atoms with Gasteiger partial charge in [0.15, 0.2) is 5.15 Å². The number of amides is 1. The Hall–Kier alpha value is -1.94. The van der Waals surface area contributed by atoms with Crippen LogP contribution in [0.5, 0.6) is 0 Å². The van der Waals surface area contributed by atoms with Crippen LogP contribution in [0.2, 0.25) is 5.15 Å². The van der Waals surface area contributed by atoms with Crippen LogP contribution in [0.1, 0.15) is 10.4 Å². The molecule has 86 valence electrons. The summed E-state index contributed by atoms with van der Waals surface area (Å²) in [6, 6.07) is 8.53. The Bertz CT molecular complexity index is 542. The molecule has 0 bridgehead atoms. The summed E-state index contributed by atoms with van der Waals surface area (Å²) in [6.45, 7) is 0. The largest absolute Gasteiger partial charge is 0.319 e. The van der Waals surface area contributed by atoms with E-state index in [-0.39, 0.29) is 16.9 Å². The molecule has 2 rings (SSSR count). The van der Waals surface area contributed by atoms with Crippen LogP contribution in [-0.2, 0) is 0 Å². The van der Waals surface area contributed by atoms with Gasteiger partial charge in [0.2, 0.25) is 0 Å². The number of hydrogen-bond donors (Lipinski definition) is 1. The monoisotopic (exact) mass is 250 g/mol. The predicted molar refractivity (Wildman–Crippen MR) is 63.6 cm³/mol. The highest BCUT2D eigenvalue weighted by atomic mass is 35.5. The lowest BCUT2D eigenvalue weighted by Gasteiger charge is -2.05. The normalized spacial score (nSPS) is 10.0. The summed E-state index contributed by atoms with van der Waals surface area (Å²) in [6.07, 6.45) is 1.52. The first-order chi connectivity index (χ1) is 8.16. The van der Waals surface area contributed by atoms with Gasteiger partial charge in [0.1, 0.15) is 5.82 Å². The van der Waals surface area contributed by atoms with Gasteiger partial charge in [-0.25, -0.2) is 9.37 Å². The van der Waals surface area contributed by atoms with Crippen molar-refractivity contribution in [3.8, 4) is 0 Å². The number of benzene rings is 1. The number of anilines is 1. The molecule has 0 fully saturated rings. The highest BCUT2D eigenvalue weighted by molar-refractivity contribution is 6.32. The van der Waals surface area contributed by atoms with Crippen LogP contribution in [0, 0.1) is 5.82 Å². The standard InChI is InChI=1S/C12H8ClFN2O/c13-11-10(2-1-7-15-11)16-12(17)8-3-5-9(14)6-4-8/h1-7H,(H,16,17). The Labute approximate surface area is 102 Å². The number of pyridine rings is 1. The molecule has 5 heteroatoms. The molecule has 17 heavy (non-hydrogen) atoms. The van der Waals surface area contributed by atoms with Crippen LogP contribution >= 0.6 is 11.6 Å². The number of nitrogens with zero attached hydrogens (tertiary/aromatic N) is 1. The van der Waals surface area contributed by atoms with Crippen molar-refractivity contribution in [3.63, 3.8) is 0 Å². The molecule has 1 amide bonds. The maximum absolute atomic E-state index is 12.7. The smallest absolute Gasteiger partial charge is 0.255 e. The molecule has 0 saturated carbocycles. The Kier molecular flexibility index (Phi) is 3.35. The molecule has 0 aliphatic heterocycles. The van der Waals surface area contributed by atoms with Gasteiger partial charge in [0, 0.05) is 11.8 Å². The number of aromatic nitrogens is 1. The van der Waals surface area contributed by atoms with Crippen molar-refractivity contribution in [2.75, 3.05) is 5.32 Å². The maximum atomic E-state index is 12.7. The fourth-order valence-electron chi connectivity index (χ4n) is 1.28. The second-order valence-electron chi connectivity index (χ2n) is 3.30. The molecule has 1 aromatic carbocycles. The molecule has 1 N–H and O–H groups in total. The van der Waals surface area contributed by atoms with Gasteiger partial charge in [0.25, 0.3) is 5.91 Å². The van der Waals surface area contributed by atoms with E-state index in [0.29, 0.717) is 11.3 Å². The summed E-state index contributed by atoms with van der Waals surface area (Å²) in [5, 5.41) is 2.80. The van der Waals surface area contributed by atoms with Crippen molar-refractivity contribution < 1.29 is 9.18 Å². The topological polar surface area (TPSA) is 42.0 Å². The molecule has 0 unspecified atom stereocenters. The summed E-state index contributed by atoms with van der Waals surface area (Å²) in [5.74, 6) is -0.749. The van der Waals surface area contributed by atoms with Crippen molar-refractivity contribution in [2.24, 2.45) is 0 Å². The highest BCUT2D eigenvalue weighted by Gasteiger charge is 2.08. The summed E-state index contributed by atoms with van der Waals surface area (Å²) >= 11 is 5.80. The number of rotatable bonds is 2. The van der Waals surface area contributed by atoms with E-state index in [1.807, 2.05) is 0 Å². The van der Waals surface area contributed by atoms with E-state index < -0.39 is 0 Å². The molecule has 0 spiro atoms. The SMILES string of the molecule is O=C(Nc1cccnc1Cl)c1ccc(F)cc1. The van der Waals surface area contributed by atoms with Crippen molar-refractivity contribution in [2.45, 2.75) is 0 Å². The van der Waals surface area contributed by atoms with Crippen LogP contribution in [0.3, 0.4) is 0 Å². The van der Waals surface area contributed by atoms with Gasteiger partial charge in [-0.3, -0.25) is 4.79 Å². The third-order valence-electron chi connectivity index (χ3n) is 2.11. The van der Waals surface area contributed by atoms with Crippen molar-refractivity contribution in [1.82, 2.24) is 4.98 Å². The number of carbonyl (C=O) groups is 1. The van der Waals surface area contributed by atoms with E-state index in [1.165, 1.54) is 30.5 Å². The summed E-state index contributed by atoms with van der Waals surface area (Å²) in [5.41, 5.74) is 0.773. The van der Waals surface area contributed by atoms with Crippen LogP contribution < -0.4 is 5.32 Å². The zero-order valence-corrected chi connectivity index (χ0v) is 9.41. The molecular weight excluding hydrogens is 243 g/mol. The van der Waals surface area contributed by atoms with E-state index in [9.17, 15) is 9.18 Å². The maximum Gasteiger partial charge on any atom is 0.255 e. The third-order valence-corrected chi connectivity index (χ3v) is 2.41. The second kappa shape index (κ2) is 4.93. The molecule has 2 aromatic rings. The van der Waals surface area contributed by atoms with E-state index in [2.05, 4.69) is 10.3 Å². The lowest BCUT2D eigenvalue weighted by molar-refractivity contribution is 0.102. The summed E-state index contributed by atoms with van der Waals surface area (Å²) < 4.78 is 12.7. The predicted octanol–water partition coefficient (Wildman–Crippen LogP) is 3.13. The molecule has 0 saturated heterocycles. The van der Waals surface area contributed by atoms with Gasteiger partial charge in [-0.05, 0) is 36.4 Å². The number of carbonyl (C=O) groups excluding carboxylic acids is 1. The molecule has 0 aliphatic rings. The molecule has 1 heterocycles. The molecule has 0 aliphatic carbocycles. The average Bonchev–Trinajstić information content (AvgIpc) is 2.33. The van der Waals surface area contributed by atoms with E-state index in [0.717, 1.165) is 0 Å². The number of nitrogens with one attached hydrogen (secondary N) is 1. The lowest BCUT2D eigenvalue weighted by Crippen LogP contribution is -2.12. The van der Waals surface area contributed by atoms with Crippen LogP contribution in [0.4, 0.5) is 10.1 Å². The van der Waals surface area contributed by atoms with E-state index in [4.69, 9.17) is 11.6 Å². The van der Waals surface area contributed by atoms with Gasteiger partial charge < -0.3 is 5.32 Å². The fraction of sp³-hybridized carbons (Fsp3) is 0. The molecule has 1 aromatic heterocycles. The summed E-state index contributed by atoms with van der Waals surface area (Å²) in [4.78, 5) is 15.6. The van der Waals surface area contributed by atoms with Gasteiger partial charge in [-0.1, -0.05) is 11.6 Å². The first kappa shape index (κ1) is 11.5. The van der Waals surface area contributed by atoms with E-state index in [1.54, 1.807) is 12.1 Å². The van der Waals surface area contributed by atoms with E-state index >= 15 is 0 Å². The number of halogens is 2. The molecular formula is C12H8ClFN2O. The van der Waals surface area contributed by atoms with Crippen molar-refractivity contribution >= 4 is 23.2 Å². The van der Waals surface area contributed by atoms with Crippen LogP contribution in [0.25, 0.3) is 0 Å². The van der Waals surface area contributed by atoms with Crippen LogP contribution in [-0.4, -0.2) is 10.9 Å². The van der Waals surface area contributed by atoms with Gasteiger partial charge in [-0.2, -0.15) is 0 Å². The zero-order valence-electron chi connectivity index (χ0n) is 8.65. The molecule has 3 nitrogen and oxygen atoms in total. The zero-order chi connectivity index (χ0) is 12.3. The molecule has 0 atom stereocenters. The minimum Gasteiger partial charge on any atom is -0.319 e. The Morgan fingerprint density at radius 1 is 1.24 bits per heavy atom. The quantitative estimate of drug-likeness (QED) is 0.832. The summed E-state index contributed by atoms with van der Waals surface area (Å²) in [7, 11) is 0. The number of hydrogen-bond acceptors (Lipinski definition) is 2. The average molecular weight is 251 g/mol. The minimum atomic E-state index is -0.388. The Morgan fingerprint density at radius 3 is 2.59 bits per heavy atom. The molecule has 0 radical (unpaired) electrons. The van der Waals surface area contributed by atoms with Gasteiger partial charge >= 0.3 is 0 Å². The lowest BCUT2D eigenvalue weighted by atomic mass is 10.2. The Balaban J connectivity index is 2.17. The fourth-order valence-corrected chi connectivity index (χ4v) is 1.44.